The molecule has 0 saturated heterocycles. The van der Waals surface area contributed by atoms with Crippen LogP contribution in [0.2, 0.25) is 0 Å². The lowest BCUT2D eigenvalue weighted by atomic mass is 9.93. The monoisotopic (exact) mass is 303 g/mol. The second kappa shape index (κ2) is 6.26. The van der Waals surface area contributed by atoms with Gasteiger partial charge in [-0.15, -0.1) is 11.3 Å². The number of anilines is 1. The first-order valence-corrected chi connectivity index (χ1v) is 7.83. The second-order valence-corrected chi connectivity index (χ2v) is 6.91. The quantitative estimate of drug-likeness (QED) is 0.853. The Morgan fingerprint density at radius 2 is 2.05 bits per heavy atom. The third kappa shape index (κ3) is 4.04. The van der Waals surface area contributed by atoms with Gasteiger partial charge < -0.3 is 11.1 Å². The lowest BCUT2D eigenvalue weighted by molar-refractivity contribution is 0.0955. The molecule has 0 fully saturated rings. The number of nitrogens with one attached hydrogen (secondary N) is 1. The van der Waals surface area contributed by atoms with Gasteiger partial charge in [0.05, 0.1) is 16.3 Å². The van der Waals surface area contributed by atoms with Gasteiger partial charge in [0.25, 0.3) is 5.91 Å². The van der Waals surface area contributed by atoms with Crippen molar-refractivity contribution >= 4 is 22.9 Å². The van der Waals surface area contributed by atoms with Crippen molar-refractivity contribution in [2.75, 3.05) is 12.3 Å². The fourth-order valence-corrected chi connectivity index (χ4v) is 2.88. The number of aromatic nitrogens is 1. The van der Waals surface area contributed by atoms with Crippen molar-refractivity contribution < 1.29 is 4.79 Å². The van der Waals surface area contributed by atoms with Crippen molar-refractivity contribution in [1.29, 1.82) is 0 Å². The Morgan fingerprint density at radius 3 is 2.67 bits per heavy atom. The lowest BCUT2D eigenvalue weighted by Crippen LogP contribution is -2.26. The van der Waals surface area contributed by atoms with Gasteiger partial charge in [-0.25, -0.2) is 4.98 Å². The maximum atomic E-state index is 12.0. The molecule has 2 rings (SSSR count). The van der Waals surface area contributed by atoms with Gasteiger partial charge in [-0.2, -0.15) is 0 Å². The van der Waals surface area contributed by atoms with Crippen LogP contribution < -0.4 is 11.1 Å². The Hall–Kier alpha value is -1.88. The molecule has 2 aromatic rings. The summed E-state index contributed by atoms with van der Waals surface area (Å²) in [7, 11) is 0. The first-order valence-electron chi connectivity index (χ1n) is 6.95. The third-order valence-corrected chi connectivity index (χ3v) is 4.06. The largest absolute Gasteiger partial charge is 0.398 e. The van der Waals surface area contributed by atoms with Crippen molar-refractivity contribution in [1.82, 2.24) is 10.3 Å². The van der Waals surface area contributed by atoms with Gasteiger partial charge in [0.2, 0.25) is 0 Å². The van der Waals surface area contributed by atoms with E-state index in [9.17, 15) is 4.79 Å². The predicted molar refractivity (Wildman–Crippen MR) is 87.7 cm³/mol. The van der Waals surface area contributed by atoms with E-state index < -0.39 is 0 Å². The minimum absolute atomic E-state index is 0.0660. The molecule has 1 heterocycles. The zero-order chi connectivity index (χ0) is 15.5. The van der Waals surface area contributed by atoms with Crippen molar-refractivity contribution in [3.05, 3.63) is 45.9 Å². The summed E-state index contributed by atoms with van der Waals surface area (Å²) in [5, 5.41) is 6.02. The summed E-state index contributed by atoms with van der Waals surface area (Å²) >= 11 is 1.64. The van der Waals surface area contributed by atoms with Crippen molar-refractivity contribution in [3.8, 4) is 0 Å². The average Bonchev–Trinajstić information content (AvgIpc) is 2.88. The van der Waals surface area contributed by atoms with E-state index >= 15 is 0 Å². The number of nitrogen functional groups attached to an aromatic ring is 1. The van der Waals surface area contributed by atoms with Gasteiger partial charge >= 0.3 is 0 Å². The minimum atomic E-state index is -0.138. The van der Waals surface area contributed by atoms with E-state index in [4.69, 9.17) is 5.73 Å². The number of nitrogens with zero attached hydrogens (tertiary/aromatic N) is 1. The van der Waals surface area contributed by atoms with Gasteiger partial charge in [0.15, 0.2) is 0 Å². The summed E-state index contributed by atoms with van der Waals surface area (Å²) in [5.41, 5.74) is 7.97. The van der Waals surface area contributed by atoms with Crippen LogP contribution in [0.25, 0.3) is 0 Å². The highest BCUT2D eigenvalue weighted by Gasteiger charge is 2.17. The molecule has 3 N–H and O–H groups in total. The molecule has 0 atom stereocenters. The van der Waals surface area contributed by atoms with E-state index in [0.29, 0.717) is 17.8 Å². The van der Waals surface area contributed by atoms with Crippen molar-refractivity contribution in [2.45, 2.75) is 32.6 Å². The van der Waals surface area contributed by atoms with Crippen LogP contribution in [0.3, 0.4) is 0 Å². The molecule has 5 heteroatoms. The summed E-state index contributed by atoms with van der Waals surface area (Å²) < 4.78 is 0. The summed E-state index contributed by atoms with van der Waals surface area (Å²) in [6, 6.07) is 7.08. The van der Waals surface area contributed by atoms with Gasteiger partial charge in [0, 0.05) is 29.4 Å². The third-order valence-electron chi connectivity index (χ3n) is 3.15. The standard InChI is InChI=1S/C16H21N3OS/c1-16(2,3)13-10-21-14(19-13)8-9-18-15(20)11-6-4-5-7-12(11)17/h4-7,10H,8-9,17H2,1-3H3,(H,18,20). The summed E-state index contributed by atoms with van der Waals surface area (Å²) in [5.74, 6) is -0.138. The van der Waals surface area contributed by atoms with Gasteiger partial charge in [-0.1, -0.05) is 32.9 Å². The molecule has 0 radical (unpaired) electrons. The number of benzene rings is 1. The van der Waals surface area contributed by atoms with E-state index in [2.05, 4.69) is 36.5 Å². The zero-order valence-electron chi connectivity index (χ0n) is 12.6. The second-order valence-electron chi connectivity index (χ2n) is 5.97. The highest BCUT2D eigenvalue weighted by molar-refractivity contribution is 7.09. The van der Waals surface area contributed by atoms with Gasteiger partial charge in [-0.3, -0.25) is 4.79 Å². The molecule has 0 aliphatic carbocycles. The SMILES string of the molecule is CC(C)(C)c1csc(CCNC(=O)c2ccccc2N)n1. The molecule has 0 spiro atoms. The zero-order valence-corrected chi connectivity index (χ0v) is 13.5. The Bertz CT molecular complexity index is 628. The predicted octanol–water partition coefficient (Wildman–Crippen LogP) is 3.00. The molecule has 1 aromatic carbocycles. The molecule has 4 nitrogen and oxygen atoms in total. The van der Waals surface area contributed by atoms with Crippen LogP contribution >= 0.6 is 11.3 Å². The van der Waals surface area contributed by atoms with E-state index in [-0.39, 0.29) is 11.3 Å². The number of amides is 1. The number of thiazole rings is 1. The van der Waals surface area contributed by atoms with Crippen LogP contribution in [0.4, 0.5) is 5.69 Å². The summed E-state index contributed by atoms with van der Waals surface area (Å²) in [6.07, 6.45) is 0.735. The number of para-hydroxylation sites is 1. The van der Waals surface area contributed by atoms with Crippen LogP contribution in [-0.4, -0.2) is 17.4 Å². The van der Waals surface area contributed by atoms with Gasteiger partial charge in [-0.05, 0) is 12.1 Å². The van der Waals surface area contributed by atoms with Crippen molar-refractivity contribution in [3.63, 3.8) is 0 Å². The van der Waals surface area contributed by atoms with Crippen LogP contribution in [0.5, 0.6) is 0 Å². The number of hydrogen-bond acceptors (Lipinski definition) is 4. The average molecular weight is 303 g/mol. The fraction of sp³-hybridized carbons (Fsp3) is 0.375. The molecule has 1 amide bonds. The molecule has 0 unspecified atom stereocenters. The Labute approximate surface area is 129 Å². The first-order chi connectivity index (χ1) is 9.88. The van der Waals surface area contributed by atoms with Crippen molar-refractivity contribution in [2.24, 2.45) is 0 Å². The van der Waals surface area contributed by atoms with E-state index in [1.54, 1.807) is 23.5 Å². The van der Waals surface area contributed by atoms with E-state index in [1.165, 1.54) is 0 Å². The number of carbonyl (C=O) groups is 1. The number of hydrogen-bond donors (Lipinski definition) is 2. The highest BCUT2D eigenvalue weighted by atomic mass is 32.1. The van der Waals surface area contributed by atoms with Gasteiger partial charge in [0.1, 0.15) is 0 Å². The molecular weight excluding hydrogens is 282 g/mol. The first kappa shape index (κ1) is 15.5. The topological polar surface area (TPSA) is 68.0 Å². The molecule has 1 aromatic heterocycles. The highest BCUT2D eigenvalue weighted by Crippen LogP contribution is 2.23. The van der Waals surface area contributed by atoms with Crippen LogP contribution in [0.15, 0.2) is 29.6 Å². The maximum absolute atomic E-state index is 12.0. The normalized spacial score (nSPS) is 11.4. The molecule has 0 bridgehead atoms. The van der Waals surface area contributed by atoms with Crippen LogP contribution in [0, 0.1) is 0 Å². The summed E-state index contributed by atoms with van der Waals surface area (Å²) in [6.45, 7) is 6.99. The van der Waals surface area contributed by atoms with Crippen LogP contribution in [-0.2, 0) is 11.8 Å². The fourth-order valence-electron chi connectivity index (χ4n) is 1.85. The van der Waals surface area contributed by atoms with E-state index in [1.807, 2.05) is 12.1 Å². The molecule has 112 valence electrons. The van der Waals surface area contributed by atoms with Crippen LogP contribution in [0.1, 0.15) is 41.8 Å². The Morgan fingerprint density at radius 1 is 1.33 bits per heavy atom. The molecule has 0 aliphatic heterocycles. The Balaban J connectivity index is 1.89. The number of rotatable bonds is 4. The molecular formula is C16H21N3OS. The molecule has 0 aliphatic rings. The summed E-state index contributed by atoms with van der Waals surface area (Å²) in [4.78, 5) is 16.6. The number of carbonyl (C=O) groups excluding carboxylic acids is 1. The maximum Gasteiger partial charge on any atom is 0.253 e. The Kier molecular flexibility index (Phi) is 4.63. The molecule has 21 heavy (non-hydrogen) atoms. The smallest absolute Gasteiger partial charge is 0.253 e. The lowest BCUT2D eigenvalue weighted by Gasteiger charge is -2.14. The number of nitrogens with two attached hydrogens (primary N) is 1. The van der Waals surface area contributed by atoms with E-state index in [0.717, 1.165) is 17.1 Å². The minimum Gasteiger partial charge on any atom is -0.398 e. The molecule has 0 saturated carbocycles.